The topological polar surface area (TPSA) is 20.3 Å². The second-order valence-electron chi connectivity index (χ2n) is 4.90. The van der Waals surface area contributed by atoms with E-state index in [4.69, 9.17) is 0 Å². The van der Waals surface area contributed by atoms with E-state index in [2.05, 4.69) is 20.8 Å². The number of halogens is 1. The largest absolute Gasteiger partial charge is 0.342 e. The number of carbonyl (C=O) groups excluding carboxylic acids is 1. The number of unbranched alkanes of at least 4 members (excludes halogenated alkanes) is 1. The molecule has 2 aliphatic rings. The van der Waals surface area contributed by atoms with E-state index < -0.39 is 0 Å². The minimum Gasteiger partial charge on any atom is -0.342 e. The maximum atomic E-state index is 11.9. The van der Waals surface area contributed by atoms with Crippen molar-refractivity contribution in [2.45, 2.75) is 38.5 Å². The Labute approximate surface area is 101 Å². The highest BCUT2D eigenvalue weighted by Gasteiger charge is 2.37. The minimum absolute atomic E-state index is 0.394. The summed E-state index contributed by atoms with van der Waals surface area (Å²) < 4.78 is 0. The summed E-state index contributed by atoms with van der Waals surface area (Å²) in [5.74, 6) is 2.07. The van der Waals surface area contributed by atoms with Gasteiger partial charge in [0.1, 0.15) is 0 Å². The Balaban J connectivity index is 1.73. The van der Waals surface area contributed by atoms with Crippen LogP contribution in [0.1, 0.15) is 38.5 Å². The van der Waals surface area contributed by atoms with Gasteiger partial charge in [-0.05, 0) is 37.5 Å². The van der Waals surface area contributed by atoms with Gasteiger partial charge >= 0.3 is 0 Å². The molecule has 0 spiro atoms. The van der Waals surface area contributed by atoms with Gasteiger partial charge in [0.2, 0.25) is 5.91 Å². The average Bonchev–Trinajstić information content (AvgIpc) is 2.76. The molecule has 2 rings (SSSR count). The Kier molecular flexibility index (Phi) is 4.06. The number of amides is 1. The van der Waals surface area contributed by atoms with Crippen LogP contribution in [0.4, 0.5) is 0 Å². The predicted octanol–water partition coefficient (Wildman–Crippen LogP) is 2.81. The van der Waals surface area contributed by atoms with Crippen LogP contribution in [0, 0.1) is 11.8 Å². The van der Waals surface area contributed by atoms with E-state index in [0.29, 0.717) is 5.91 Å². The van der Waals surface area contributed by atoms with Crippen LogP contribution in [-0.4, -0.2) is 29.2 Å². The number of rotatable bonds is 4. The van der Waals surface area contributed by atoms with Gasteiger partial charge < -0.3 is 4.90 Å². The Morgan fingerprint density at radius 2 is 1.87 bits per heavy atom. The fourth-order valence-electron chi connectivity index (χ4n) is 2.97. The number of hydrogen-bond donors (Lipinski definition) is 0. The lowest BCUT2D eigenvalue weighted by Crippen LogP contribution is -2.29. The zero-order valence-electron chi connectivity index (χ0n) is 9.25. The molecule has 2 nitrogen and oxygen atoms in total. The molecule has 0 aromatic carbocycles. The number of likely N-dealkylation sites (tertiary alicyclic amines) is 1. The molecule has 1 aliphatic carbocycles. The fourth-order valence-corrected chi connectivity index (χ4v) is 3.36. The SMILES string of the molecule is O=C(CCCCBr)N1CC2CCCC2C1. The van der Waals surface area contributed by atoms with Crippen molar-refractivity contribution in [3.63, 3.8) is 0 Å². The van der Waals surface area contributed by atoms with Crippen molar-refractivity contribution in [2.24, 2.45) is 11.8 Å². The van der Waals surface area contributed by atoms with Crippen LogP contribution in [0.15, 0.2) is 0 Å². The molecule has 2 unspecified atom stereocenters. The molecule has 1 amide bonds. The lowest BCUT2D eigenvalue weighted by molar-refractivity contribution is -0.130. The second kappa shape index (κ2) is 5.33. The smallest absolute Gasteiger partial charge is 0.222 e. The van der Waals surface area contributed by atoms with Gasteiger partial charge in [0, 0.05) is 24.8 Å². The van der Waals surface area contributed by atoms with Gasteiger partial charge in [-0.2, -0.15) is 0 Å². The molecule has 86 valence electrons. The molecule has 1 saturated heterocycles. The van der Waals surface area contributed by atoms with Gasteiger partial charge in [0.15, 0.2) is 0 Å². The molecule has 1 heterocycles. The molecule has 0 aromatic rings. The molecule has 0 bridgehead atoms. The quantitative estimate of drug-likeness (QED) is 0.570. The van der Waals surface area contributed by atoms with Gasteiger partial charge in [0.25, 0.3) is 0 Å². The van der Waals surface area contributed by atoms with Crippen molar-refractivity contribution in [3.8, 4) is 0 Å². The lowest BCUT2D eigenvalue weighted by atomic mass is 10.0. The molecule has 3 heteroatoms. The van der Waals surface area contributed by atoms with Crippen molar-refractivity contribution in [2.75, 3.05) is 18.4 Å². The second-order valence-corrected chi connectivity index (χ2v) is 5.69. The summed E-state index contributed by atoms with van der Waals surface area (Å²) in [5.41, 5.74) is 0. The van der Waals surface area contributed by atoms with Crippen LogP contribution in [0.3, 0.4) is 0 Å². The third-order valence-electron chi connectivity index (χ3n) is 3.85. The first-order chi connectivity index (χ1) is 7.31. The van der Waals surface area contributed by atoms with Gasteiger partial charge in [-0.1, -0.05) is 22.4 Å². The monoisotopic (exact) mass is 273 g/mol. The third kappa shape index (κ3) is 2.74. The molecule has 2 fully saturated rings. The Morgan fingerprint density at radius 3 is 2.47 bits per heavy atom. The van der Waals surface area contributed by atoms with Gasteiger partial charge in [-0.3, -0.25) is 4.79 Å². The number of hydrogen-bond acceptors (Lipinski definition) is 1. The molecule has 1 aliphatic heterocycles. The fraction of sp³-hybridized carbons (Fsp3) is 0.917. The first kappa shape index (κ1) is 11.4. The van der Waals surface area contributed by atoms with E-state index in [1.54, 1.807) is 0 Å². The number of carbonyl (C=O) groups is 1. The summed E-state index contributed by atoms with van der Waals surface area (Å²) >= 11 is 3.40. The Morgan fingerprint density at radius 1 is 1.20 bits per heavy atom. The van der Waals surface area contributed by atoms with Crippen LogP contribution >= 0.6 is 15.9 Å². The zero-order chi connectivity index (χ0) is 10.7. The molecule has 0 radical (unpaired) electrons. The Bertz CT molecular complexity index is 220. The number of fused-ring (bicyclic) bond motifs is 1. The lowest BCUT2D eigenvalue weighted by Gasteiger charge is -2.17. The van der Waals surface area contributed by atoms with Crippen molar-refractivity contribution < 1.29 is 4.79 Å². The summed E-state index contributed by atoms with van der Waals surface area (Å²) in [6, 6.07) is 0. The van der Waals surface area contributed by atoms with Crippen molar-refractivity contribution in [1.29, 1.82) is 0 Å². The van der Waals surface area contributed by atoms with Crippen LogP contribution in [0.25, 0.3) is 0 Å². The molecular weight excluding hydrogens is 254 g/mol. The van der Waals surface area contributed by atoms with E-state index in [1.807, 2.05) is 0 Å². The highest BCUT2D eigenvalue weighted by atomic mass is 79.9. The van der Waals surface area contributed by atoms with Crippen LogP contribution in [-0.2, 0) is 4.79 Å². The maximum Gasteiger partial charge on any atom is 0.222 e. The van der Waals surface area contributed by atoms with Gasteiger partial charge in [-0.15, -0.1) is 0 Å². The van der Waals surface area contributed by atoms with Gasteiger partial charge in [-0.25, -0.2) is 0 Å². The van der Waals surface area contributed by atoms with E-state index in [1.165, 1.54) is 19.3 Å². The molecule has 2 atom stereocenters. The van der Waals surface area contributed by atoms with Crippen LogP contribution in [0.5, 0.6) is 0 Å². The van der Waals surface area contributed by atoms with E-state index in [0.717, 1.165) is 49.5 Å². The molecule has 15 heavy (non-hydrogen) atoms. The van der Waals surface area contributed by atoms with Crippen molar-refractivity contribution >= 4 is 21.8 Å². The van der Waals surface area contributed by atoms with Crippen molar-refractivity contribution in [1.82, 2.24) is 4.90 Å². The number of nitrogens with zero attached hydrogens (tertiary/aromatic N) is 1. The van der Waals surface area contributed by atoms with E-state index >= 15 is 0 Å². The highest BCUT2D eigenvalue weighted by Crippen LogP contribution is 2.37. The normalized spacial score (nSPS) is 29.5. The summed E-state index contributed by atoms with van der Waals surface area (Å²) in [6.07, 6.45) is 7.01. The third-order valence-corrected chi connectivity index (χ3v) is 4.41. The van der Waals surface area contributed by atoms with E-state index in [9.17, 15) is 4.79 Å². The molecule has 0 aromatic heterocycles. The summed E-state index contributed by atoms with van der Waals surface area (Å²) in [7, 11) is 0. The maximum absolute atomic E-state index is 11.9. The van der Waals surface area contributed by atoms with Crippen molar-refractivity contribution in [3.05, 3.63) is 0 Å². The zero-order valence-corrected chi connectivity index (χ0v) is 10.8. The predicted molar refractivity (Wildman–Crippen MR) is 65.1 cm³/mol. The molecule has 1 saturated carbocycles. The average molecular weight is 274 g/mol. The van der Waals surface area contributed by atoms with Crippen LogP contribution < -0.4 is 0 Å². The van der Waals surface area contributed by atoms with Crippen LogP contribution in [0.2, 0.25) is 0 Å². The Hall–Kier alpha value is -0.0500. The first-order valence-electron chi connectivity index (χ1n) is 6.15. The molecule has 0 N–H and O–H groups in total. The standard InChI is InChI=1S/C12H20BrNO/c13-7-2-1-6-12(15)14-8-10-4-3-5-11(10)9-14/h10-11H,1-9H2. The molecular formula is C12H20BrNO. The number of alkyl halides is 1. The summed E-state index contributed by atoms with van der Waals surface area (Å²) in [5, 5.41) is 1.02. The minimum atomic E-state index is 0.394. The first-order valence-corrected chi connectivity index (χ1v) is 7.27. The van der Waals surface area contributed by atoms with Gasteiger partial charge in [0.05, 0.1) is 0 Å². The summed E-state index contributed by atoms with van der Waals surface area (Å²) in [6.45, 7) is 2.11. The highest BCUT2D eigenvalue weighted by molar-refractivity contribution is 9.09. The van der Waals surface area contributed by atoms with E-state index in [-0.39, 0.29) is 0 Å². The summed E-state index contributed by atoms with van der Waals surface area (Å²) in [4.78, 5) is 14.0.